The molecule has 0 fully saturated rings. The van der Waals surface area contributed by atoms with Gasteiger partial charge in [0.25, 0.3) is 0 Å². The van der Waals surface area contributed by atoms with Crippen molar-refractivity contribution in [2.24, 2.45) is 4.99 Å². The summed E-state index contributed by atoms with van der Waals surface area (Å²) in [6.45, 7) is 3.74. The van der Waals surface area contributed by atoms with Crippen molar-refractivity contribution in [1.82, 2.24) is 10.3 Å². The van der Waals surface area contributed by atoms with E-state index in [0.717, 1.165) is 45.8 Å². The lowest BCUT2D eigenvalue weighted by Crippen LogP contribution is -2.20. The molecule has 5 heteroatoms. The minimum atomic E-state index is 0.597. The summed E-state index contributed by atoms with van der Waals surface area (Å²) in [7, 11) is 1.64. The quantitative estimate of drug-likeness (QED) is 0.929. The number of nitrogens with one attached hydrogen (secondary N) is 1. The van der Waals surface area contributed by atoms with E-state index in [2.05, 4.69) is 44.2 Å². The largest absolute Gasteiger partial charge is 0.480 e. The molecule has 1 aromatic heterocycles. The smallest absolute Gasteiger partial charge is 0.224 e. The minimum absolute atomic E-state index is 0.597. The third kappa shape index (κ3) is 2.65. The molecule has 0 atom stereocenters. The molecule has 1 N–H and O–H groups in total. The Morgan fingerprint density at radius 2 is 2.05 bits per heavy atom. The maximum absolute atomic E-state index is 5.45. The molecule has 1 aliphatic heterocycles. The van der Waals surface area contributed by atoms with Crippen LogP contribution in [0.3, 0.4) is 0 Å². The zero-order valence-corrected chi connectivity index (χ0v) is 13.6. The van der Waals surface area contributed by atoms with Gasteiger partial charge in [-0.05, 0) is 30.7 Å². The number of nitrogens with zero attached hydrogens (tertiary/aromatic N) is 2. The predicted molar refractivity (Wildman–Crippen MR) is 88.1 cm³/mol. The van der Waals surface area contributed by atoms with E-state index in [1.165, 1.54) is 0 Å². The van der Waals surface area contributed by atoms with Gasteiger partial charge < -0.3 is 10.1 Å². The van der Waals surface area contributed by atoms with E-state index < -0.39 is 0 Å². The number of rotatable bonds is 3. The Morgan fingerprint density at radius 3 is 2.76 bits per heavy atom. The van der Waals surface area contributed by atoms with Gasteiger partial charge in [0.15, 0.2) is 0 Å². The first-order valence-electron chi connectivity index (χ1n) is 6.80. The molecule has 2 heterocycles. The Morgan fingerprint density at radius 1 is 1.19 bits per heavy atom. The molecule has 0 unspecified atom stereocenters. The average molecular weight is 346 g/mol. The van der Waals surface area contributed by atoms with E-state index in [0.29, 0.717) is 5.88 Å². The van der Waals surface area contributed by atoms with Gasteiger partial charge in [0, 0.05) is 16.6 Å². The first-order chi connectivity index (χ1) is 10.2. The topological polar surface area (TPSA) is 46.5 Å². The van der Waals surface area contributed by atoms with Crippen LogP contribution >= 0.6 is 15.9 Å². The molecule has 0 saturated carbocycles. The first-order valence-corrected chi connectivity index (χ1v) is 7.59. The number of aromatic nitrogens is 1. The van der Waals surface area contributed by atoms with Crippen molar-refractivity contribution in [2.45, 2.75) is 6.92 Å². The summed E-state index contributed by atoms with van der Waals surface area (Å²) in [4.78, 5) is 9.07. The van der Waals surface area contributed by atoms with Crippen molar-refractivity contribution >= 4 is 21.8 Å². The van der Waals surface area contributed by atoms with Crippen LogP contribution in [0.1, 0.15) is 11.1 Å². The summed E-state index contributed by atoms with van der Waals surface area (Å²) in [6.07, 6.45) is 0. The minimum Gasteiger partial charge on any atom is -0.480 e. The lowest BCUT2D eigenvalue weighted by atomic mass is 10.0. The number of ether oxygens (including phenoxy) is 1. The van der Waals surface area contributed by atoms with E-state index in [1.54, 1.807) is 7.11 Å². The molecule has 4 nitrogen and oxygen atoms in total. The van der Waals surface area contributed by atoms with Crippen LogP contribution < -0.4 is 10.1 Å². The summed E-state index contributed by atoms with van der Waals surface area (Å²) in [5.74, 6) is 1.46. The number of amidine groups is 1. The monoisotopic (exact) mass is 345 g/mol. The van der Waals surface area contributed by atoms with Crippen molar-refractivity contribution in [1.29, 1.82) is 0 Å². The maximum atomic E-state index is 5.45. The van der Waals surface area contributed by atoms with Gasteiger partial charge in [0.2, 0.25) is 5.88 Å². The average Bonchev–Trinajstić information content (AvgIpc) is 3.03. The number of aliphatic imine (C=N–C) groups is 1. The lowest BCUT2D eigenvalue weighted by molar-refractivity contribution is 0.397. The fourth-order valence-electron chi connectivity index (χ4n) is 2.39. The molecule has 2 aromatic rings. The molecule has 0 saturated heterocycles. The maximum Gasteiger partial charge on any atom is 0.224 e. The van der Waals surface area contributed by atoms with Crippen molar-refractivity contribution in [3.05, 3.63) is 45.9 Å². The van der Waals surface area contributed by atoms with Crippen LogP contribution in [0.15, 0.2) is 39.8 Å². The molecule has 21 heavy (non-hydrogen) atoms. The van der Waals surface area contributed by atoms with Gasteiger partial charge in [-0.2, -0.15) is 0 Å². The third-order valence-corrected chi connectivity index (χ3v) is 4.39. The fourth-order valence-corrected chi connectivity index (χ4v) is 2.76. The van der Waals surface area contributed by atoms with Crippen molar-refractivity contribution in [2.75, 3.05) is 20.2 Å². The molecule has 0 spiro atoms. The molecule has 0 radical (unpaired) electrons. The summed E-state index contributed by atoms with van der Waals surface area (Å²) in [5, 5.41) is 3.25. The zero-order valence-electron chi connectivity index (χ0n) is 12.0. The van der Waals surface area contributed by atoms with Crippen LogP contribution in [0.5, 0.6) is 5.88 Å². The van der Waals surface area contributed by atoms with Crippen LogP contribution in [0.2, 0.25) is 0 Å². The standard InChI is InChI=1S/C16H16BrN3O/c1-10-11(4-3-5-13(10)17)14-7-6-12(16(20-14)21-2)15-18-8-9-19-15/h3-7H,8-9H2,1-2H3,(H,18,19). The van der Waals surface area contributed by atoms with E-state index in [1.807, 2.05) is 24.3 Å². The highest BCUT2D eigenvalue weighted by atomic mass is 79.9. The van der Waals surface area contributed by atoms with Crippen LogP contribution in [-0.2, 0) is 0 Å². The van der Waals surface area contributed by atoms with Crippen molar-refractivity contribution < 1.29 is 4.74 Å². The Hall–Kier alpha value is -1.88. The normalized spacial score (nSPS) is 13.8. The Balaban J connectivity index is 2.07. The summed E-state index contributed by atoms with van der Waals surface area (Å²) in [5.41, 5.74) is 4.06. The zero-order chi connectivity index (χ0) is 14.8. The van der Waals surface area contributed by atoms with Gasteiger partial charge in [-0.15, -0.1) is 0 Å². The molecule has 0 bridgehead atoms. The van der Waals surface area contributed by atoms with E-state index in [-0.39, 0.29) is 0 Å². The highest BCUT2D eigenvalue weighted by Gasteiger charge is 2.16. The Labute approximate surface area is 132 Å². The fraction of sp³-hybridized carbons (Fsp3) is 0.250. The van der Waals surface area contributed by atoms with E-state index >= 15 is 0 Å². The van der Waals surface area contributed by atoms with Crippen LogP contribution in [0.25, 0.3) is 11.3 Å². The summed E-state index contributed by atoms with van der Waals surface area (Å²) >= 11 is 3.56. The first kappa shape index (κ1) is 14.1. The number of benzene rings is 1. The van der Waals surface area contributed by atoms with Gasteiger partial charge >= 0.3 is 0 Å². The van der Waals surface area contributed by atoms with Gasteiger partial charge in [-0.25, -0.2) is 4.98 Å². The van der Waals surface area contributed by atoms with Crippen LogP contribution in [0.4, 0.5) is 0 Å². The van der Waals surface area contributed by atoms with Crippen LogP contribution in [-0.4, -0.2) is 31.0 Å². The SMILES string of the molecule is COc1nc(-c2cccc(Br)c2C)ccc1C1=NCCN1. The summed E-state index contributed by atoms with van der Waals surface area (Å²) < 4.78 is 6.52. The third-order valence-electron chi connectivity index (χ3n) is 3.53. The molecule has 1 aromatic carbocycles. The number of hydrogen-bond donors (Lipinski definition) is 1. The second-order valence-corrected chi connectivity index (χ2v) is 5.68. The number of halogens is 1. The molecular weight excluding hydrogens is 330 g/mol. The number of methoxy groups -OCH3 is 1. The molecule has 108 valence electrons. The summed E-state index contributed by atoms with van der Waals surface area (Å²) in [6, 6.07) is 10.1. The Bertz CT molecular complexity index is 713. The van der Waals surface area contributed by atoms with Crippen molar-refractivity contribution in [3.8, 4) is 17.1 Å². The van der Waals surface area contributed by atoms with Gasteiger partial charge in [-0.3, -0.25) is 4.99 Å². The van der Waals surface area contributed by atoms with Gasteiger partial charge in [-0.1, -0.05) is 28.1 Å². The lowest BCUT2D eigenvalue weighted by Gasteiger charge is -2.12. The highest BCUT2D eigenvalue weighted by Crippen LogP contribution is 2.29. The van der Waals surface area contributed by atoms with E-state index in [9.17, 15) is 0 Å². The second kappa shape index (κ2) is 5.85. The Kier molecular flexibility index (Phi) is 3.92. The molecule has 0 aliphatic carbocycles. The number of hydrogen-bond acceptors (Lipinski definition) is 4. The van der Waals surface area contributed by atoms with Gasteiger partial charge in [0.1, 0.15) is 5.84 Å². The van der Waals surface area contributed by atoms with E-state index in [4.69, 9.17) is 4.74 Å². The van der Waals surface area contributed by atoms with Crippen molar-refractivity contribution in [3.63, 3.8) is 0 Å². The molecule has 1 aliphatic rings. The highest BCUT2D eigenvalue weighted by molar-refractivity contribution is 9.10. The molecular formula is C16H16BrN3O. The van der Waals surface area contributed by atoms with Gasteiger partial charge in [0.05, 0.1) is 24.9 Å². The molecule has 3 rings (SSSR count). The molecule has 0 amide bonds. The second-order valence-electron chi connectivity index (χ2n) is 4.82. The van der Waals surface area contributed by atoms with Crippen LogP contribution in [0, 0.1) is 6.92 Å². The predicted octanol–water partition coefficient (Wildman–Crippen LogP) is 3.18. The number of pyridine rings is 1.